The van der Waals surface area contributed by atoms with Gasteiger partial charge in [0, 0.05) is 5.69 Å². The van der Waals surface area contributed by atoms with E-state index in [1.165, 1.54) is 24.3 Å². The summed E-state index contributed by atoms with van der Waals surface area (Å²) in [4.78, 5) is 11.8. The van der Waals surface area contributed by atoms with Crippen molar-refractivity contribution in [3.63, 3.8) is 0 Å². The minimum absolute atomic E-state index is 0.137. The van der Waals surface area contributed by atoms with Gasteiger partial charge in [-0.15, -0.1) is 0 Å². The van der Waals surface area contributed by atoms with Crippen molar-refractivity contribution in [3.05, 3.63) is 90.2 Å². The van der Waals surface area contributed by atoms with E-state index in [0.29, 0.717) is 18.0 Å². The Morgan fingerprint density at radius 1 is 0.808 bits per heavy atom. The average molecular weight is 351 g/mol. The van der Waals surface area contributed by atoms with E-state index in [2.05, 4.69) is 5.32 Å². The number of amides is 1. The van der Waals surface area contributed by atoms with E-state index < -0.39 is 0 Å². The number of benzene rings is 3. The van der Waals surface area contributed by atoms with Crippen LogP contribution < -0.4 is 14.8 Å². The van der Waals surface area contributed by atoms with Gasteiger partial charge in [0.25, 0.3) is 5.91 Å². The summed E-state index contributed by atoms with van der Waals surface area (Å²) in [6.07, 6.45) is 0. The largest absolute Gasteiger partial charge is 0.489 e. The Labute approximate surface area is 151 Å². The molecule has 0 spiro atoms. The molecule has 1 N–H and O–H groups in total. The number of hydrogen-bond donors (Lipinski definition) is 1. The smallest absolute Gasteiger partial charge is 0.262 e. The zero-order chi connectivity index (χ0) is 18.2. The third kappa shape index (κ3) is 5.34. The first-order valence-electron chi connectivity index (χ1n) is 8.14. The van der Waals surface area contributed by atoms with Crippen molar-refractivity contribution in [2.45, 2.75) is 6.61 Å². The molecule has 3 aromatic carbocycles. The predicted molar refractivity (Wildman–Crippen MR) is 97.7 cm³/mol. The summed E-state index contributed by atoms with van der Waals surface area (Å²) < 4.78 is 24.0. The van der Waals surface area contributed by atoms with Crippen molar-refractivity contribution < 1.29 is 18.7 Å². The molecule has 26 heavy (non-hydrogen) atoms. The Hall–Kier alpha value is -3.34. The second-order valence-electron chi connectivity index (χ2n) is 5.59. The van der Waals surface area contributed by atoms with Crippen LogP contribution in [0.1, 0.15) is 5.56 Å². The molecule has 132 valence electrons. The fourth-order valence-corrected chi connectivity index (χ4v) is 2.25. The average Bonchev–Trinajstić information content (AvgIpc) is 2.68. The minimum atomic E-state index is -0.353. The number of hydrogen-bond acceptors (Lipinski definition) is 3. The number of nitrogens with one attached hydrogen (secondary N) is 1. The van der Waals surface area contributed by atoms with Gasteiger partial charge in [0.1, 0.15) is 23.9 Å². The number of carbonyl (C=O) groups excluding carboxylic acids is 1. The lowest BCUT2D eigenvalue weighted by Gasteiger charge is -2.09. The highest BCUT2D eigenvalue weighted by molar-refractivity contribution is 5.91. The van der Waals surface area contributed by atoms with Gasteiger partial charge < -0.3 is 14.8 Å². The maximum atomic E-state index is 12.8. The summed E-state index contributed by atoms with van der Waals surface area (Å²) in [5, 5.41) is 2.63. The first kappa shape index (κ1) is 17.5. The predicted octanol–water partition coefficient (Wildman–Crippen LogP) is 4.42. The van der Waals surface area contributed by atoms with Gasteiger partial charge in [-0.25, -0.2) is 4.39 Å². The van der Waals surface area contributed by atoms with Crippen LogP contribution in [0.15, 0.2) is 78.9 Å². The van der Waals surface area contributed by atoms with Crippen LogP contribution in [-0.4, -0.2) is 12.5 Å². The first-order chi connectivity index (χ1) is 12.7. The lowest BCUT2D eigenvalue weighted by Crippen LogP contribution is -2.20. The van der Waals surface area contributed by atoms with E-state index in [1.54, 1.807) is 24.3 Å². The van der Waals surface area contributed by atoms with Gasteiger partial charge in [0.2, 0.25) is 0 Å². The van der Waals surface area contributed by atoms with Crippen LogP contribution in [0, 0.1) is 5.82 Å². The molecule has 0 aliphatic heterocycles. The van der Waals surface area contributed by atoms with E-state index in [4.69, 9.17) is 9.47 Å². The summed E-state index contributed by atoms with van der Waals surface area (Å²) >= 11 is 0. The molecule has 0 aliphatic carbocycles. The fraction of sp³-hybridized carbons (Fsp3) is 0.0952. The van der Waals surface area contributed by atoms with Crippen molar-refractivity contribution in [2.75, 3.05) is 11.9 Å². The standard InChI is InChI=1S/C21H18FNO3/c22-17-6-8-18(9-7-17)23-21(24)15-26-20-12-10-19(11-13-20)25-14-16-4-2-1-3-5-16/h1-13H,14-15H2,(H,23,24). The van der Waals surface area contributed by atoms with Gasteiger partial charge in [0.05, 0.1) is 0 Å². The molecule has 4 nitrogen and oxygen atoms in total. The van der Waals surface area contributed by atoms with Crippen LogP contribution in [0.25, 0.3) is 0 Å². The quantitative estimate of drug-likeness (QED) is 0.685. The van der Waals surface area contributed by atoms with Gasteiger partial charge >= 0.3 is 0 Å². The second kappa shape index (κ2) is 8.67. The van der Waals surface area contributed by atoms with Crippen LogP contribution in [0.2, 0.25) is 0 Å². The molecular weight excluding hydrogens is 333 g/mol. The van der Waals surface area contributed by atoms with E-state index in [0.717, 1.165) is 11.3 Å². The molecule has 5 heteroatoms. The third-order valence-electron chi connectivity index (χ3n) is 3.57. The molecule has 3 aromatic rings. The summed E-state index contributed by atoms with van der Waals surface area (Å²) in [5.41, 5.74) is 1.61. The van der Waals surface area contributed by atoms with E-state index in [1.807, 2.05) is 30.3 Å². The zero-order valence-corrected chi connectivity index (χ0v) is 14.0. The molecule has 3 rings (SSSR count). The van der Waals surface area contributed by atoms with Crippen LogP contribution in [0.4, 0.5) is 10.1 Å². The van der Waals surface area contributed by atoms with Gasteiger partial charge in [0.15, 0.2) is 6.61 Å². The Balaban J connectivity index is 1.45. The lowest BCUT2D eigenvalue weighted by atomic mass is 10.2. The van der Waals surface area contributed by atoms with Crippen LogP contribution in [0.3, 0.4) is 0 Å². The highest BCUT2D eigenvalue weighted by Gasteiger charge is 2.04. The fourth-order valence-electron chi connectivity index (χ4n) is 2.25. The molecule has 1 amide bonds. The van der Waals surface area contributed by atoms with Crippen LogP contribution in [0.5, 0.6) is 11.5 Å². The molecule has 0 aromatic heterocycles. The van der Waals surface area contributed by atoms with Gasteiger partial charge in [-0.1, -0.05) is 30.3 Å². The first-order valence-corrected chi connectivity index (χ1v) is 8.14. The second-order valence-corrected chi connectivity index (χ2v) is 5.59. The van der Waals surface area contributed by atoms with Gasteiger partial charge in [-0.3, -0.25) is 4.79 Å². The highest BCUT2D eigenvalue weighted by atomic mass is 19.1. The van der Waals surface area contributed by atoms with Crippen molar-refractivity contribution in [1.29, 1.82) is 0 Å². The van der Waals surface area contributed by atoms with Crippen molar-refractivity contribution in [3.8, 4) is 11.5 Å². The molecule has 0 bridgehead atoms. The Kier molecular flexibility index (Phi) is 5.83. The van der Waals surface area contributed by atoms with Crippen LogP contribution >= 0.6 is 0 Å². The molecule has 0 radical (unpaired) electrons. The maximum absolute atomic E-state index is 12.8. The summed E-state index contributed by atoms with van der Waals surface area (Å²) in [6.45, 7) is 0.350. The molecule has 0 saturated heterocycles. The van der Waals surface area contributed by atoms with E-state index >= 15 is 0 Å². The normalized spacial score (nSPS) is 10.2. The Morgan fingerprint density at radius 2 is 1.42 bits per heavy atom. The molecule has 0 atom stereocenters. The molecule has 0 heterocycles. The van der Waals surface area contributed by atoms with Gasteiger partial charge in [-0.2, -0.15) is 0 Å². The third-order valence-corrected chi connectivity index (χ3v) is 3.57. The molecule has 0 aliphatic rings. The maximum Gasteiger partial charge on any atom is 0.262 e. The summed E-state index contributed by atoms with van der Waals surface area (Å²) in [5.74, 6) is 0.609. The molecule has 0 saturated carbocycles. The number of halogens is 1. The number of carbonyl (C=O) groups is 1. The van der Waals surface area contributed by atoms with Gasteiger partial charge in [-0.05, 0) is 54.1 Å². The highest BCUT2D eigenvalue weighted by Crippen LogP contribution is 2.19. The van der Waals surface area contributed by atoms with E-state index in [-0.39, 0.29) is 18.3 Å². The van der Waals surface area contributed by atoms with Crippen molar-refractivity contribution in [1.82, 2.24) is 0 Å². The SMILES string of the molecule is O=C(COc1ccc(OCc2ccccc2)cc1)Nc1ccc(F)cc1. The van der Waals surface area contributed by atoms with Crippen molar-refractivity contribution in [2.24, 2.45) is 0 Å². The zero-order valence-electron chi connectivity index (χ0n) is 14.0. The summed E-state index contributed by atoms with van der Waals surface area (Å²) in [7, 11) is 0. The molecule has 0 fully saturated rings. The number of rotatable bonds is 7. The van der Waals surface area contributed by atoms with Crippen LogP contribution in [-0.2, 0) is 11.4 Å². The van der Waals surface area contributed by atoms with Crippen molar-refractivity contribution >= 4 is 11.6 Å². The number of anilines is 1. The monoisotopic (exact) mass is 351 g/mol. The molecular formula is C21H18FNO3. The minimum Gasteiger partial charge on any atom is -0.489 e. The lowest BCUT2D eigenvalue weighted by molar-refractivity contribution is -0.118. The molecule has 0 unspecified atom stereocenters. The number of ether oxygens (including phenoxy) is 2. The Morgan fingerprint density at radius 3 is 2.08 bits per heavy atom. The summed E-state index contributed by atoms with van der Waals surface area (Å²) in [6, 6.07) is 22.5. The Bertz CT molecular complexity index is 833. The topological polar surface area (TPSA) is 47.6 Å². The van der Waals surface area contributed by atoms with E-state index in [9.17, 15) is 9.18 Å².